The zero-order valence-electron chi connectivity index (χ0n) is 13.9. The van der Waals surface area contributed by atoms with Gasteiger partial charge in [-0.3, -0.25) is 0 Å². The Morgan fingerprint density at radius 1 is 0.957 bits per heavy atom. The van der Waals surface area contributed by atoms with Gasteiger partial charge in [-0.2, -0.15) is 4.37 Å². The van der Waals surface area contributed by atoms with Gasteiger partial charge in [-0.15, -0.1) is 10.2 Å². The van der Waals surface area contributed by atoms with Gasteiger partial charge >= 0.3 is 0 Å². The van der Waals surface area contributed by atoms with Crippen LogP contribution in [0, 0.1) is 20.8 Å². The van der Waals surface area contributed by atoms with E-state index in [0.29, 0.717) is 5.13 Å². The highest BCUT2D eigenvalue weighted by Gasteiger charge is 2.28. The summed E-state index contributed by atoms with van der Waals surface area (Å²) in [6.45, 7) is 8.66. The molecule has 5 nitrogen and oxygen atoms in total. The number of nitrogens with zero attached hydrogens (tertiary/aromatic N) is 5. The number of hydrogen-bond acceptors (Lipinski definition) is 6. The van der Waals surface area contributed by atoms with Crippen molar-refractivity contribution in [1.29, 1.82) is 0 Å². The Balaban J connectivity index is 1.83. The van der Waals surface area contributed by atoms with E-state index in [9.17, 15) is 0 Å². The Hall–Kier alpha value is -1.82. The maximum Gasteiger partial charge on any atom is 0.249 e. The zero-order valence-corrected chi connectivity index (χ0v) is 14.7. The first-order valence-corrected chi connectivity index (χ1v) is 9.04. The summed E-state index contributed by atoms with van der Waals surface area (Å²) in [7, 11) is 0. The van der Waals surface area contributed by atoms with E-state index < -0.39 is 0 Å². The topological polar surface area (TPSA) is 53.7 Å². The van der Waals surface area contributed by atoms with Crippen molar-refractivity contribution in [2.45, 2.75) is 46.5 Å². The minimum absolute atomic E-state index is 0.634. The molecule has 0 spiro atoms. The van der Waals surface area contributed by atoms with Crippen molar-refractivity contribution in [3.63, 3.8) is 0 Å². The Morgan fingerprint density at radius 2 is 1.61 bits per heavy atom. The monoisotopic (exact) mass is 327 g/mol. The van der Waals surface area contributed by atoms with Crippen LogP contribution in [0.5, 0.6) is 0 Å². The van der Waals surface area contributed by atoms with E-state index in [1.807, 2.05) is 6.92 Å². The molecule has 23 heavy (non-hydrogen) atoms. The smallest absolute Gasteiger partial charge is 0.249 e. The maximum atomic E-state index is 4.57. The van der Waals surface area contributed by atoms with Crippen molar-refractivity contribution in [3.8, 4) is 0 Å². The van der Waals surface area contributed by atoms with Gasteiger partial charge in [-0.25, -0.2) is 4.98 Å². The van der Waals surface area contributed by atoms with Gasteiger partial charge in [0.25, 0.3) is 0 Å². The fourth-order valence-electron chi connectivity index (χ4n) is 3.90. The lowest BCUT2D eigenvalue weighted by Gasteiger charge is -2.39. The highest BCUT2D eigenvalue weighted by molar-refractivity contribution is 7.09. The first-order valence-electron chi connectivity index (χ1n) is 8.27. The van der Waals surface area contributed by atoms with Gasteiger partial charge in [0.2, 0.25) is 5.13 Å². The third-order valence-corrected chi connectivity index (χ3v) is 5.66. The molecule has 0 fully saturated rings. The van der Waals surface area contributed by atoms with Crippen LogP contribution >= 0.6 is 11.5 Å². The van der Waals surface area contributed by atoms with E-state index in [0.717, 1.165) is 24.4 Å². The molecule has 0 radical (unpaired) electrons. The molecule has 0 amide bonds. The molecule has 2 aromatic rings. The maximum absolute atomic E-state index is 4.57. The predicted molar refractivity (Wildman–Crippen MR) is 93.6 cm³/mol. The number of aryl methyl sites for hydroxylation is 1. The van der Waals surface area contributed by atoms with Gasteiger partial charge in [0.15, 0.2) is 0 Å². The molecule has 6 heteroatoms. The molecule has 0 bridgehead atoms. The molecule has 120 valence electrons. The minimum atomic E-state index is 0.634. The van der Waals surface area contributed by atoms with Crippen molar-refractivity contribution >= 4 is 28.0 Å². The first kappa shape index (κ1) is 14.8. The molecular formula is C17H21N5S. The van der Waals surface area contributed by atoms with Crippen LogP contribution in [0.4, 0.5) is 16.5 Å². The summed E-state index contributed by atoms with van der Waals surface area (Å²) in [4.78, 5) is 6.85. The molecule has 0 saturated carbocycles. The molecule has 2 aliphatic heterocycles. The third-order valence-electron chi connectivity index (χ3n) is 4.97. The average molecular weight is 327 g/mol. The van der Waals surface area contributed by atoms with E-state index in [1.165, 1.54) is 65.4 Å². The number of hydrogen-bond donors (Lipinski definition) is 0. The normalized spacial score (nSPS) is 16.9. The molecule has 0 aliphatic carbocycles. The second kappa shape index (κ2) is 5.67. The second-order valence-corrected chi connectivity index (χ2v) is 7.15. The van der Waals surface area contributed by atoms with Crippen LogP contribution < -0.4 is 4.90 Å². The highest BCUT2D eigenvalue weighted by Crippen LogP contribution is 2.44. The second-order valence-electron chi connectivity index (χ2n) is 6.42. The van der Waals surface area contributed by atoms with E-state index in [1.54, 1.807) is 0 Å². The number of benzene rings is 1. The van der Waals surface area contributed by atoms with E-state index >= 15 is 0 Å². The summed E-state index contributed by atoms with van der Waals surface area (Å²) in [6, 6.07) is 0. The number of azo groups is 1. The van der Waals surface area contributed by atoms with Crippen molar-refractivity contribution in [2.24, 2.45) is 10.2 Å². The fraction of sp³-hybridized carbons (Fsp3) is 0.529. The van der Waals surface area contributed by atoms with Gasteiger partial charge in [-0.1, -0.05) is 0 Å². The standard InChI is InChI=1S/C17H21N5S/c1-10-13-6-4-8-22-9-5-7-14(16(13)22)11(2)15(10)19-20-17-18-12(3)21-23-17/h4-9H2,1-3H3. The summed E-state index contributed by atoms with van der Waals surface area (Å²) in [5, 5.41) is 9.54. The largest absolute Gasteiger partial charge is 0.371 e. The van der Waals surface area contributed by atoms with Crippen molar-refractivity contribution < 1.29 is 0 Å². The van der Waals surface area contributed by atoms with Crippen molar-refractivity contribution in [1.82, 2.24) is 9.36 Å². The highest BCUT2D eigenvalue weighted by atomic mass is 32.1. The minimum Gasteiger partial charge on any atom is -0.371 e. The van der Waals surface area contributed by atoms with Gasteiger partial charge in [0.1, 0.15) is 5.82 Å². The van der Waals surface area contributed by atoms with Crippen LogP contribution in [0.25, 0.3) is 0 Å². The summed E-state index contributed by atoms with van der Waals surface area (Å²) in [6.07, 6.45) is 4.79. The lowest BCUT2D eigenvalue weighted by molar-refractivity contribution is 0.630. The Bertz CT molecular complexity index is 756. The zero-order chi connectivity index (χ0) is 16.0. The molecule has 1 aromatic heterocycles. The molecule has 0 atom stereocenters. The quantitative estimate of drug-likeness (QED) is 0.759. The summed E-state index contributed by atoms with van der Waals surface area (Å²) in [5.74, 6) is 0.758. The molecule has 2 aliphatic rings. The van der Waals surface area contributed by atoms with E-state index in [-0.39, 0.29) is 0 Å². The summed E-state index contributed by atoms with van der Waals surface area (Å²) < 4.78 is 4.17. The first-order chi connectivity index (χ1) is 11.1. The summed E-state index contributed by atoms with van der Waals surface area (Å²) >= 11 is 1.30. The van der Waals surface area contributed by atoms with Gasteiger partial charge < -0.3 is 4.90 Å². The SMILES string of the molecule is Cc1nsc(N=Nc2c(C)c3c4c(c2C)CCCN4CCC3)n1. The van der Waals surface area contributed by atoms with Crippen molar-refractivity contribution in [2.75, 3.05) is 18.0 Å². The molecular weight excluding hydrogens is 306 g/mol. The van der Waals surface area contributed by atoms with Crippen LogP contribution in [-0.2, 0) is 12.8 Å². The number of rotatable bonds is 2. The van der Waals surface area contributed by atoms with E-state index in [4.69, 9.17) is 0 Å². The van der Waals surface area contributed by atoms with Crippen LogP contribution in [-0.4, -0.2) is 22.4 Å². The fourth-order valence-corrected chi connectivity index (χ4v) is 4.40. The van der Waals surface area contributed by atoms with Gasteiger partial charge in [-0.05, 0) is 68.7 Å². The van der Waals surface area contributed by atoms with Gasteiger partial charge in [0, 0.05) is 30.3 Å². The van der Waals surface area contributed by atoms with Crippen molar-refractivity contribution in [3.05, 3.63) is 28.1 Å². The number of anilines is 1. The molecule has 4 rings (SSSR count). The third kappa shape index (κ3) is 2.45. The van der Waals surface area contributed by atoms with E-state index in [2.05, 4.69) is 38.3 Å². The Kier molecular flexibility index (Phi) is 3.64. The molecule has 0 unspecified atom stereocenters. The van der Waals surface area contributed by atoms with Crippen LogP contribution in [0.2, 0.25) is 0 Å². The Labute approximate surface area is 140 Å². The lowest BCUT2D eigenvalue weighted by Crippen LogP contribution is -2.35. The van der Waals surface area contributed by atoms with Crippen LogP contribution in [0.15, 0.2) is 10.2 Å². The Morgan fingerprint density at radius 3 is 2.17 bits per heavy atom. The molecule has 0 saturated heterocycles. The molecule has 3 heterocycles. The number of aromatic nitrogens is 2. The van der Waals surface area contributed by atoms with Crippen LogP contribution in [0.1, 0.15) is 40.9 Å². The predicted octanol–water partition coefficient (Wildman–Crippen LogP) is 4.58. The summed E-state index contributed by atoms with van der Waals surface area (Å²) in [5.41, 5.74) is 8.09. The molecule has 0 N–H and O–H groups in total. The van der Waals surface area contributed by atoms with Crippen LogP contribution in [0.3, 0.4) is 0 Å². The average Bonchev–Trinajstić information content (AvgIpc) is 2.98. The van der Waals surface area contributed by atoms with Gasteiger partial charge in [0.05, 0.1) is 5.69 Å². The molecule has 1 aromatic carbocycles. The lowest BCUT2D eigenvalue weighted by atomic mass is 9.85.